The lowest BCUT2D eigenvalue weighted by molar-refractivity contribution is -0.133. The Morgan fingerprint density at radius 1 is 1.00 bits per heavy atom. The number of benzene rings is 1. The number of urea groups is 1. The molecule has 0 radical (unpaired) electrons. The van der Waals surface area contributed by atoms with Gasteiger partial charge in [0.25, 0.3) is 5.91 Å². The predicted molar refractivity (Wildman–Crippen MR) is 115 cm³/mol. The third-order valence-corrected chi connectivity index (χ3v) is 6.84. The van der Waals surface area contributed by atoms with E-state index in [0.29, 0.717) is 6.67 Å². The Bertz CT molecular complexity index is 781. The Kier molecular flexibility index (Phi) is 6.29. The van der Waals surface area contributed by atoms with Gasteiger partial charge in [-0.3, -0.25) is 14.6 Å². The van der Waals surface area contributed by atoms with E-state index in [4.69, 9.17) is 4.74 Å². The van der Waals surface area contributed by atoms with Crippen molar-refractivity contribution in [1.82, 2.24) is 20.0 Å². The van der Waals surface area contributed by atoms with Crippen molar-refractivity contribution in [3.8, 4) is 5.75 Å². The second-order valence-corrected chi connectivity index (χ2v) is 9.01. The minimum absolute atomic E-state index is 0.0127. The Labute approximate surface area is 179 Å². The molecule has 3 aliphatic rings. The van der Waals surface area contributed by atoms with Crippen molar-refractivity contribution in [2.45, 2.75) is 57.5 Å². The molecule has 7 heteroatoms. The van der Waals surface area contributed by atoms with Gasteiger partial charge in [-0.05, 0) is 25.8 Å². The molecule has 0 aromatic heterocycles. The predicted octanol–water partition coefficient (Wildman–Crippen LogP) is 2.72. The molecule has 1 saturated carbocycles. The Morgan fingerprint density at radius 2 is 1.67 bits per heavy atom. The van der Waals surface area contributed by atoms with Crippen LogP contribution in [0.15, 0.2) is 18.2 Å². The molecule has 2 heterocycles. The van der Waals surface area contributed by atoms with Crippen molar-refractivity contribution < 1.29 is 14.3 Å². The van der Waals surface area contributed by atoms with Crippen LogP contribution in [-0.4, -0.2) is 72.1 Å². The van der Waals surface area contributed by atoms with Gasteiger partial charge in [0.15, 0.2) is 0 Å². The highest BCUT2D eigenvalue weighted by Crippen LogP contribution is 2.33. The molecule has 2 aliphatic heterocycles. The molecule has 1 aromatic carbocycles. The molecular weight excluding hydrogens is 380 g/mol. The summed E-state index contributed by atoms with van der Waals surface area (Å²) in [5.74, 6) is 0.914. The Hall–Kier alpha value is -2.12. The molecule has 0 bridgehead atoms. The molecule has 30 heavy (non-hydrogen) atoms. The SMILES string of the molecule is COc1ccc(C)cc1CN1CCN(CN2C(=O)NC3(CCCCCC3)C2=O)CC1. The summed E-state index contributed by atoms with van der Waals surface area (Å²) in [5, 5.41) is 3.04. The van der Waals surface area contributed by atoms with E-state index in [1.165, 1.54) is 16.0 Å². The number of methoxy groups -OCH3 is 1. The quantitative estimate of drug-likeness (QED) is 0.751. The van der Waals surface area contributed by atoms with Gasteiger partial charge in [0.2, 0.25) is 0 Å². The van der Waals surface area contributed by atoms with E-state index in [1.807, 2.05) is 6.07 Å². The lowest BCUT2D eigenvalue weighted by atomic mass is 9.90. The highest BCUT2D eigenvalue weighted by Gasteiger charge is 2.51. The summed E-state index contributed by atoms with van der Waals surface area (Å²) in [6.07, 6.45) is 5.89. The number of ether oxygens (including phenoxy) is 1. The Balaban J connectivity index is 1.32. The van der Waals surface area contributed by atoms with Crippen LogP contribution in [0.1, 0.15) is 49.7 Å². The summed E-state index contributed by atoms with van der Waals surface area (Å²) in [7, 11) is 1.71. The van der Waals surface area contributed by atoms with Crippen LogP contribution in [0.4, 0.5) is 4.79 Å². The van der Waals surface area contributed by atoms with E-state index in [2.05, 4.69) is 34.2 Å². The molecule has 1 spiro atoms. The first-order chi connectivity index (χ1) is 14.5. The molecular formula is C23H34N4O3. The van der Waals surface area contributed by atoms with Gasteiger partial charge in [0.1, 0.15) is 11.3 Å². The second kappa shape index (κ2) is 8.94. The first kappa shape index (κ1) is 21.1. The second-order valence-electron chi connectivity index (χ2n) is 9.01. The van der Waals surface area contributed by atoms with Crippen molar-refractivity contribution in [3.63, 3.8) is 0 Å². The summed E-state index contributed by atoms with van der Waals surface area (Å²) in [4.78, 5) is 31.8. The summed E-state index contributed by atoms with van der Waals surface area (Å²) in [5.41, 5.74) is 1.79. The lowest BCUT2D eigenvalue weighted by Gasteiger charge is -2.36. The van der Waals surface area contributed by atoms with Crippen LogP contribution < -0.4 is 10.1 Å². The first-order valence-corrected chi connectivity index (χ1v) is 11.2. The number of carbonyl (C=O) groups is 2. The van der Waals surface area contributed by atoms with Gasteiger partial charge >= 0.3 is 6.03 Å². The van der Waals surface area contributed by atoms with E-state index in [1.54, 1.807) is 7.11 Å². The minimum Gasteiger partial charge on any atom is -0.496 e. The molecule has 3 amide bonds. The van der Waals surface area contributed by atoms with E-state index in [-0.39, 0.29) is 11.9 Å². The maximum absolute atomic E-state index is 13.1. The van der Waals surface area contributed by atoms with Gasteiger partial charge in [-0.15, -0.1) is 0 Å². The minimum atomic E-state index is -0.642. The number of amides is 3. The number of carbonyl (C=O) groups excluding carboxylic acids is 2. The summed E-state index contributed by atoms with van der Waals surface area (Å²) < 4.78 is 5.51. The highest BCUT2D eigenvalue weighted by molar-refractivity contribution is 6.07. The fourth-order valence-corrected chi connectivity index (χ4v) is 5.04. The molecule has 1 aliphatic carbocycles. The zero-order chi connectivity index (χ0) is 21.1. The van der Waals surface area contributed by atoms with Crippen LogP contribution in [0.2, 0.25) is 0 Å². The topological polar surface area (TPSA) is 65.1 Å². The smallest absolute Gasteiger partial charge is 0.326 e. The van der Waals surface area contributed by atoms with Crippen LogP contribution >= 0.6 is 0 Å². The van der Waals surface area contributed by atoms with E-state index in [9.17, 15) is 9.59 Å². The normalized spacial score (nSPS) is 22.9. The van der Waals surface area contributed by atoms with Gasteiger partial charge in [0, 0.05) is 38.3 Å². The maximum Gasteiger partial charge on any atom is 0.326 e. The molecule has 1 N–H and O–H groups in total. The average molecular weight is 415 g/mol. The van der Waals surface area contributed by atoms with Crippen LogP contribution in [0, 0.1) is 6.92 Å². The van der Waals surface area contributed by atoms with Gasteiger partial charge in [0.05, 0.1) is 13.8 Å². The highest BCUT2D eigenvalue weighted by atomic mass is 16.5. The monoisotopic (exact) mass is 414 g/mol. The number of hydrogen-bond acceptors (Lipinski definition) is 5. The number of nitrogens with zero attached hydrogens (tertiary/aromatic N) is 3. The van der Waals surface area contributed by atoms with Gasteiger partial charge in [-0.25, -0.2) is 9.69 Å². The standard InChI is InChI=1S/C23H34N4O3/c1-18-7-8-20(30-2)19(15-18)16-25-11-13-26(14-12-25)17-27-21(28)23(24-22(27)29)9-5-3-4-6-10-23/h7-8,15H,3-6,9-14,16-17H2,1-2H3,(H,24,29). The fourth-order valence-electron chi connectivity index (χ4n) is 5.04. The number of imide groups is 1. The van der Waals surface area contributed by atoms with Crippen LogP contribution in [-0.2, 0) is 11.3 Å². The summed E-state index contributed by atoms with van der Waals surface area (Å²) in [6, 6.07) is 6.07. The van der Waals surface area contributed by atoms with Gasteiger partial charge in [-0.1, -0.05) is 43.4 Å². The average Bonchev–Trinajstić information content (AvgIpc) is 2.90. The molecule has 1 aromatic rings. The fraction of sp³-hybridized carbons (Fsp3) is 0.652. The third-order valence-electron chi connectivity index (χ3n) is 6.84. The first-order valence-electron chi connectivity index (χ1n) is 11.2. The van der Waals surface area contributed by atoms with Gasteiger partial charge < -0.3 is 10.1 Å². The number of piperazine rings is 1. The molecule has 3 fully saturated rings. The molecule has 2 saturated heterocycles. The molecule has 0 atom stereocenters. The largest absolute Gasteiger partial charge is 0.496 e. The van der Waals surface area contributed by atoms with E-state index in [0.717, 1.165) is 77.0 Å². The zero-order valence-corrected chi connectivity index (χ0v) is 18.3. The maximum atomic E-state index is 13.1. The van der Waals surface area contributed by atoms with Crippen molar-refractivity contribution in [3.05, 3.63) is 29.3 Å². The summed E-state index contributed by atoms with van der Waals surface area (Å²) in [6.45, 7) is 6.85. The Morgan fingerprint density at radius 3 is 2.33 bits per heavy atom. The third kappa shape index (κ3) is 4.32. The van der Waals surface area contributed by atoms with Gasteiger partial charge in [-0.2, -0.15) is 0 Å². The number of aryl methyl sites for hydroxylation is 1. The van der Waals surface area contributed by atoms with E-state index >= 15 is 0 Å². The lowest BCUT2D eigenvalue weighted by Crippen LogP contribution is -2.51. The van der Waals surface area contributed by atoms with Crippen LogP contribution in [0.25, 0.3) is 0 Å². The van der Waals surface area contributed by atoms with Crippen molar-refractivity contribution in [2.24, 2.45) is 0 Å². The molecule has 0 unspecified atom stereocenters. The van der Waals surface area contributed by atoms with Crippen molar-refractivity contribution >= 4 is 11.9 Å². The molecule has 4 rings (SSSR count). The molecule has 164 valence electrons. The van der Waals surface area contributed by atoms with E-state index < -0.39 is 5.54 Å². The summed E-state index contributed by atoms with van der Waals surface area (Å²) >= 11 is 0. The number of rotatable bonds is 5. The van der Waals surface area contributed by atoms with Crippen LogP contribution in [0.3, 0.4) is 0 Å². The zero-order valence-electron chi connectivity index (χ0n) is 18.3. The van der Waals surface area contributed by atoms with Crippen LogP contribution in [0.5, 0.6) is 5.75 Å². The number of nitrogens with one attached hydrogen (secondary N) is 1. The number of hydrogen-bond donors (Lipinski definition) is 1. The molecule has 7 nitrogen and oxygen atoms in total. The van der Waals surface area contributed by atoms with Crippen molar-refractivity contribution in [1.29, 1.82) is 0 Å². The van der Waals surface area contributed by atoms with Crippen molar-refractivity contribution in [2.75, 3.05) is 40.0 Å².